The first-order chi connectivity index (χ1) is 7.22. The molecule has 2 atom stereocenters. The van der Waals surface area contributed by atoms with Crippen LogP contribution in [0.2, 0.25) is 0 Å². The van der Waals surface area contributed by atoms with E-state index in [4.69, 9.17) is 5.73 Å². The topological polar surface area (TPSA) is 38.0 Å². The summed E-state index contributed by atoms with van der Waals surface area (Å²) in [6.07, 6.45) is 2.64. The van der Waals surface area contributed by atoms with E-state index >= 15 is 0 Å². The molecule has 3 N–H and O–H groups in total. The van der Waals surface area contributed by atoms with Crippen molar-refractivity contribution in [2.24, 2.45) is 5.92 Å². The van der Waals surface area contributed by atoms with Gasteiger partial charge in [-0.15, -0.1) is 0 Å². The largest absolute Gasteiger partial charge is 0.399 e. The van der Waals surface area contributed by atoms with Crippen molar-refractivity contribution in [3.63, 3.8) is 0 Å². The van der Waals surface area contributed by atoms with Gasteiger partial charge in [-0.2, -0.15) is 0 Å². The van der Waals surface area contributed by atoms with E-state index in [1.807, 2.05) is 12.1 Å². The van der Waals surface area contributed by atoms with Gasteiger partial charge >= 0.3 is 0 Å². The fraction of sp³-hybridized carbons (Fsp3) is 0.538. The highest BCUT2D eigenvalue weighted by atomic mass is 15.0. The van der Waals surface area contributed by atoms with Gasteiger partial charge in [0.05, 0.1) is 0 Å². The standard InChI is InChI=1S/C13H20N2/c1-3-10-7-13(10)15-8-11-5-4-6-12(14)9(11)2/h4-6,10,13,15H,3,7-8,14H2,1-2H3. The van der Waals surface area contributed by atoms with Gasteiger partial charge in [0.1, 0.15) is 0 Å². The summed E-state index contributed by atoms with van der Waals surface area (Å²) in [7, 11) is 0. The van der Waals surface area contributed by atoms with Gasteiger partial charge in [-0.3, -0.25) is 0 Å². The maximum atomic E-state index is 5.87. The minimum Gasteiger partial charge on any atom is -0.399 e. The van der Waals surface area contributed by atoms with Gasteiger partial charge in [-0.05, 0) is 36.5 Å². The summed E-state index contributed by atoms with van der Waals surface area (Å²) < 4.78 is 0. The molecule has 0 aliphatic heterocycles. The van der Waals surface area contributed by atoms with Gasteiger partial charge < -0.3 is 11.1 Å². The van der Waals surface area contributed by atoms with Crippen LogP contribution in [0.25, 0.3) is 0 Å². The average Bonchev–Trinajstić information content (AvgIpc) is 2.99. The summed E-state index contributed by atoms with van der Waals surface area (Å²) in [5.41, 5.74) is 9.32. The molecule has 0 spiro atoms. The van der Waals surface area contributed by atoms with Crippen LogP contribution in [-0.2, 0) is 6.54 Å². The lowest BCUT2D eigenvalue weighted by molar-refractivity contribution is 0.622. The number of hydrogen-bond acceptors (Lipinski definition) is 2. The van der Waals surface area contributed by atoms with Crippen LogP contribution in [0.5, 0.6) is 0 Å². The molecule has 0 bridgehead atoms. The number of hydrogen-bond donors (Lipinski definition) is 2. The Labute approximate surface area is 91.9 Å². The molecular formula is C13H20N2. The van der Waals surface area contributed by atoms with E-state index in [0.717, 1.165) is 24.2 Å². The Morgan fingerprint density at radius 1 is 1.47 bits per heavy atom. The van der Waals surface area contributed by atoms with Gasteiger partial charge in [0.25, 0.3) is 0 Å². The highest BCUT2D eigenvalue weighted by Gasteiger charge is 2.34. The van der Waals surface area contributed by atoms with Gasteiger partial charge in [0.15, 0.2) is 0 Å². The first-order valence-corrected chi connectivity index (χ1v) is 5.79. The van der Waals surface area contributed by atoms with Crippen molar-refractivity contribution in [1.82, 2.24) is 5.32 Å². The molecule has 2 nitrogen and oxygen atoms in total. The van der Waals surface area contributed by atoms with Crippen molar-refractivity contribution < 1.29 is 0 Å². The van der Waals surface area contributed by atoms with E-state index < -0.39 is 0 Å². The Morgan fingerprint density at radius 2 is 2.27 bits per heavy atom. The Kier molecular flexibility index (Phi) is 2.96. The fourth-order valence-corrected chi connectivity index (χ4v) is 2.08. The predicted octanol–water partition coefficient (Wildman–Crippen LogP) is 2.47. The summed E-state index contributed by atoms with van der Waals surface area (Å²) in [5.74, 6) is 0.909. The van der Waals surface area contributed by atoms with Crippen LogP contribution in [0.15, 0.2) is 18.2 Å². The van der Waals surface area contributed by atoms with Crippen molar-refractivity contribution in [3.8, 4) is 0 Å². The molecule has 1 fully saturated rings. The number of nitrogens with one attached hydrogen (secondary N) is 1. The Morgan fingerprint density at radius 3 is 2.93 bits per heavy atom. The molecule has 0 radical (unpaired) electrons. The third-order valence-corrected chi connectivity index (χ3v) is 3.49. The zero-order valence-electron chi connectivity index (χ0n) is 9.59. The van der Waals surface area contributed by atoms with Gasteiger partial charge in [0, 0.05) is 18.3 Å². The smallest absolute Gasteiger partial charge is 0.0346 e. The second kappa shape index (κ2) is 4.23. The van der Waals surface area contributed by atoms with Crippen LogP contribution in [0.3, 0.4) is 0 Å². The summed E-state index contributed by atoms with van der Waals surface area (Å²) in [6, 6.07) is 6.90. The average molecular weight is 204 g/mol. The van der Waals surface area contributed by atoms with E-state index in [1.54, 1.807) is 0 Å². The minimum atomic E-state index is 0.746. The first kappa shape index (κ1) is 10.5. The van der Waals surface area contributed by atoms with Crippen LogP contribution >= 0.6 is 0 Å². The number of rotatable bonds is 4. The lowest BCUT2D eigenvalue weighted by Crippen LogP contribution is -2.18. The number of nitrogens with two attached hydrogens (primary N) is 1. The Hall–Kier alpha value is -1.02. The maximum Gasteiger partial charge on any atom is 0.0346 e. The monoisotopic (exact) mass is 204 g/mol. The van der Waals surface area contributed by atoms with Gasteiger partial charge in [-0.25, -0.2) is 0 Å². The predicted molar refractivity (Wildman–Crippen MR) is 64.6 cm³/mol. The van der Waals surface area contributed by atoms with Crippen molar-refractivity contribution in [2.45, 2.75) is 39.3 Å². The molecule has 1 aliphatic rings. The van der Waals surface area contributed by atoms with Crippen molar-refractivity contribution in [3.05, 3.63) is 29.3 Å². The zero-order valence-corrected chi connectivity index (χ0v) is 9.59. The van der Waals surface area contributed by atoms with Crippen LogP contribution in [0, 0.1) is 12.8 Å². The highest BCUT2D eigenvalue weighted by molar-refractivity contribution is 5.49. The molecule has 0 heterocycles. The van der Waals surface area contributed by atoms with E-state index in [9.17, 15) is 0 Å². The van der Waals surface area contributed by atoms with Crippen LogP contribution in [0.4, 0.5) is 5.69 Å². The van der Waals surface area contributed by atoms with Crippen LogP contribution in [0.1, 0.15) is 30.9 Å². The third kappa shape index (κ3) is 2.32. The van der Waals surface area contributed by atoms with Crippen LogP contribution in [-0.4, -0.2) is 6.04 Å². The molecule has 82 valence electrons. The second-order valence-electron chi connectivity index (χ2n) is 4.52. The highest BCUT2D eigenvalue weighted by Crippen LogP contribution is 2.33. The minimum absolute atomic E-state index is 0.746. The SMILES string of the molecule is CCC1CC1NCc1cccc(N)c1C. The van der Waals surface area contributed by atoms with Crippen molar-refractivity contribution in [1.29, 1.82) is 0 Å². The molecule has 1 aromatic rings. The summed E-state index contributed by atoms with van der Waals surface area (Å²) in [4.78, 5) is 0. The van der Waals surface area contributed by atoms with Gasteiger partial charge in [0.2, 0.25) is 0 Å². The molecule has 0 aromatic heterocycles. The lowest BCUT2D eigenvalue weighted by Gasteiger charge is -2.09. The molecule has 0 saturated heterocycles. The first-order valence-electron chi connectivity index (χ1n) is 5.79. The Bertz CT molecular complexity index is 346. The molecule has 1 aliphatic carbocycles. The van der Waals surface area contributed by atoms with E-state index in [1.165, 1.54) is 24.0 Å². The fourth-order valence-electron chi connectivity index (χ4n) is 2.08. The molecule has 2 rings (SSSR count). The molecule has 15 heavy (non-hydrogen) atoms. The summed E-state index contributed by atoms with van der Waals surface area (Å²) in [5, 5.41) is 3.59. The summed E-state index contributed by atoms with van der Waals surface area (Å²) in [6.45, 7) is 5.31. The second-order valence-corrected chi connectivity index (χ2v) is 4.52. The Balaban J connectivity index is 1.91. The number of benzene rings is 1. The lowest BCUT2D eigenvalue weighted by atomic mass is 10.1. The van der Waals surface area contributed by atoms with Gasteiger partial charge in [-0.1, -0.05) is 25.5 Å². The van der Waals surface area contributed by atoms with Crippen molar-refractivity contribution >= 4 is 5.69 Å². The van der Waals surface area contributed by atoms with E-state index in [2.05, 4.69) is 25.2 Å². The number of anilines is 1. The molecule has 2 unspecified atom stereocenters. The molecule has 1 aromatic carbocycles. The van der Waals surface area contributed by atoms with E-state index in [0.29, 0.717) is 0 Å². The number of nitrogen functional groups attached to an aromatic ring is 1. The summed E-state index contributed by atoms with van der Waals surface area (Å²) >= 11 is 0. The third-order valence-electron chi connectivity index (χ3n) is 3.49. The molecule has 2 heteroatoms. The molecule has 0 amide bonds. The maximum absolute atomic E-state index is 5.87. The van der Waals surface area contributed by atoms with Crippen LogP contribution < -0.4 is 11.1 Å². The molecular weight excluding hydrogens is 184 g/mol. The zero-order chi connectivity index (χ0) is 10.8. The quantitative estimate of drug-likeness (QED) is 0.739. The van der Waals surface area contributed by atoms with E-state index in [-0.39, 0.29) is 0 Å². The molecule has 1 saturated carbocycles. The van der Waals surface area contributed by atoms with Crippen molar-refractivity contribution in [2.75, 3.05) is 5.73 Å². The normalized spacial score (nSPS) is 24.1.